The van der Waals surface area contributed by atoms with Gasteiger partial charge in [0.05, 0.1) is 0 Å². The number of benzene rings is 1. The lowest BCUT2D eigenvalue weighted by Crippen LogP contribution is -2.39. The van der Waals surface area contributed by atoms with E-state index in [0.29, 0.717) is 5.41 Å². The van der Waals surface area contributed by atoms with Crippen LogP contribution in [0.2, 0.25) is 0 Å². The molecule has 0 spiro atoms. The predicted octanol–water partition coefficient (Wildman–Crippen LogP) is 3.74. The third-order valence-corrected chi connectivity index (χ3v) is 5.49. The molecular weight excluding hydrogens is 244 g/mol. The molecule has 1 saturated carbocycles. The van der Waals surface area contributed by atoms with Crippen molar-refractivity contribution in [3.05, 3.63) is 29.3 Å². The van der Waals surface area contributed by atoms with Gasteiger partial charge in [0.2, 0.25) is 0 Å². The molecule has 3 rings (SSSR count). The van der Waals surface area contributed by atoms with E-state index in [1.165, 1.54) is 68.4 Å². The van der Waals surface area contributed by atoms with Crippen LogP contribution in [0.3, 0.4) is 0 Å². The van der Waals surface area contributed by atoms with Crippen molar-refractivity contribution in [2.75, 3.05) is 25.0 Å². The van der Waals surface area contributed by atoms with Crippen LogP contribution < -0.4 is 10.2 Å². The highest BCUT2D eigenvalue weighted by Gasteiger charge is 2.34. The predicted molar refractivity (Wildman–Crippen MR) is 86.3 cm³/mol. The van der Waals surface area contributed by atoms with Gasteiger partial charge in [-0.05, 0) is 54.7 Å². The molecule has 1 aliphatic heterocycles. The zero-order chi connectivity index (χ0) is 14.0. The highest BCUT2D eigenvalue weighted by Crippen LogP contribution is 2.43. The maximum atomic E-state index is 3.70. The fraction of sp³-hybridized carbons (Fsp3) is 0.667. The summed E-state index contributed by atoms with van der Waals surface area (Å²) in [5.41, 5.74) is 5.04. The van der Waals surface area contributed by atoms with Crippen LogP contribution in [-0.2, 0) is 13.0 Å². The molecule has 2 aliphatic rings. The van der Waals surface area contributed by atoms with E-state index in [1.54, 1.807) is 0 Å². The molecular formula is C18H28N2. The largest absolute Gasteiger partial charge is 0.374 e. The minimum atomic E-state index is 0.619. The van der Waals surface area contributed by atoms with Crippen LogP contribution in [0.4, 0.5) is 5.69 Å². The third kappa shape index (κ3) is 2.71. The van der Waals surface area contributed by atoms with Crippen molar-refractivity contribution in [1.82, 2.24) is 5.32 Å². The molecule has 1 aliphatic carbocycles. The van der Waals surface area contributed by atoms with E-state index in [0.717, 1.165) is 6.54 Å². The maximum Gasteiger partial charge on any atom is 0.0396 e. The molecule has 110 valence electrons. The van der Waals surface area contributed by atoms with Crippen molar-refractivity contribution < 1.29 is 0 Å². The first-order chi connectivity index (χ1) is 9.72. The molecule has 0 aromatic heterocycles. The fourth-order valence-corrected chi connectivity index (χ4v) is 3.75. The van der Waals surface area contributed by atoms with Crippen LogP contribution in [0.25, 0.3) is 0 Å². The second-order valence-corrected chi connectivity index (χ2v) is 6.80. The Balaban J connectivity index is 1.58. The molecule has 1 fully saturated rings. The molecule has 0 saturated heterocycles. The summed E-state index contributed by atoms with van der Waals surface area (Å²) in [6, 6.07) is 7.02. The SMILES string of the molecule is CCC1(CNCc2ccc3c(c2)CCCN3C)CCC1. The van der Waals surface area contributed by atoms with Crippen molar-refractivity contribution in [2.45, 2.75) is 52.0 Å². The van der Waals surface area contributed by atoms with Gasteiger partial charge < -0.3 is 10.2 Å². The van der Waals surface area contributed by atoms with Gasteiger partial charge in [-0.3, -0.25) is 0 Å². The first-order valence-corrected chi connectivity index (χ1v) is 8.26. The number of hydrogen-bond acceptors (Lipinski definition) is 2. The van der Waals surface area contributed by atoms with E-state index in [4.69, 9.17) is 0 Å². The average molecular weight is 272 g/mol. The van der Waals surface area contributed by atoms with E-state index in [1.807, 2.05) is 0 Å². The summed E-state index contributed by atoms with van der Waals surface area (Å²) in [5, 5.41) is 3.70. The summed E-state index contributed by atoms with van der Waals surface area (Å²) < 4.78 is 0. The van der Waals surface area contributed by atoms with E-state index in [-0.39, 0.29) is 0 Å². The van der Waals surface area contributed by atoms with Crippen molar-refractivity contribution in [3.8, 4) is 0 Å². The number of rotatable bonds is 5. The first kappa shape index (κ1) is 13.9. The number of hydrogen-bond donors (Lipinski definition) is 1. The first-order valence-electron chi connectivity index (χ1n) is 8.26. The Bertz CT molecular complexity index is 457. The Morgan fingerprint density at radius 3 is 2.80 bits per heavy atom. The molecule has 20 heavy (non-hydrogen) atoms. The number of anilines is 1. The van der Waals surface area contributed by atoms with Crippen molar-refractivity contribution in [2.24, 2.45) is 5.41 Å². The molecule has 1 aromatic carbocycles. The standard InChI is InChI=1S/C18H28N2/c1-3-18(9-5-10-18)14-19-13-15-7-8-17-16(12-15)6-4-11-20(17)2/h7-8,12,19H,3-6,9-11,13-14H2,1-2H3. The van der Waals surface area contributed by atoms with Gasteiger partial charge in [0, 0.05) is 32.4 Å². The van der Waals surface area contributed by atoms with Gasteiger partial charge in [-0.15, -0.1) is 0 Å². The Morgan fingerprint density at radius 1 is 1.25 bits per heavy atom. The van der Waals surface area contributed by atoms with E-state index in [2.05, 4.69) is 42.4 Å². The molecule has 0 unspecified atom stereocenters. The third-order valence-electron chi connectivity index (χ3n) is 5.49. The lowest BCUT2D eigenvalue weighted by atomic mass is 9.67. The van der Waals surface area contributed by atoms with Gasteiger partial charge >= 0.3 is 0 Å². The fourth-order valence-electron chi connectivity index (χ4n) is 3.75. The minimum absolute atomic E-state index is 0.619. The minimum Gasteiger partial charge on any atom is -0.374 e. The Labute approximate surface area is 123 Å². The summed E-state index contributed by atoms with van der Waals surface area (Å²) in [4.78, 5) is 2.39. The molecule has 0 atom stereocenters. The van der Waals surface area contributed by atoms with Gasteiger partial charge in [-0.2, -0.15) is 0 Å². The lowest BCUT2D eigenvalue weighted by molar-refractivity contribution is 0.124. The molecule has 1 heterocycles. The van der Waals surface area contributed by atoms with Gasteiger partial charge in [0.1, 0.15) is 0 Å². The second-order valence-electron chi connectivity index (χ2n) is 6.80. The van der Waals surface area contributed by atoms with Gasteiger partial charge in [0.15, 0.2) is 0 Å². The molecule has 2 nitrogen and oxygen atoms in total. The van der Waals surface area contributed by atoms with E-state index in [9.17, 15) is 0 Å². The molecule has 0 bridgehead atoms. The van der Waals surface area contributed by atoms with Gasteiger partial charge in [-0.25, -0.2) is 0 Å². The van der Waals surface area contributed by atoms with Crippen molar-refractivity contribution in [1.29, 1.82) is 0 Å². The van der Waals surface area contributed by atoms with Gasteiger partial charge in [0.25, 0.3) is 0 Å². The molecule has 1 aromatic rings. The summed E-state index contributed by atoms with van der Waals surface area (Å²) in [7, 11) is 2.21. The average Bonchev–Trinajstić information content (AvgIpc) is 2.42. The molecule has 1 N–H and O–H groups in total. The molecule has 0 amide bonds. The monoisotopic (exact) mass is 272 g/mol. The number of nitrogens with one attached hydrogen (secondary N) is 1. The summed E-state index contributed by atoms with van der Waals surface area (Å²) in [6.45, 7) is 5.76. The zero-order valence-electron chi connectivity index (χ0n) is 13.0. The van der Waals surface area contributed by atoms with E-state index >= 15 is 0 Å². The zero-order valence-corrected chi connectivity index (χ0v) is 13.0. The van der Waals surface area contributed by atoms with Crippen LogP contribution in [0, 0.1) is 5.41 Å². The highest BCUT2D eigenvalue weighted by molar-refractivity contribution is 5.56. The number of aryl methyl sites for hydroxylation is 1. The quantitative estimate of drug-likeness (QED) is 0.878. The van der Waals surface area contributed by atoms with Gasteiger partial charge in [-0.1, -0.05) is 25.5 Å². The smallest absolute Gasteiger partial charge is 0.0396 e. The molecule has 2 heteroatoms. The van der Waals surface area contributed by atoms with Crippen molar-refractivity contribution in [3.63, 3.8) is 0 Å². The van der Waals surface area contributed by atoms with Crippen LogP contribution in [0.1, 0.15) is 50.2 Å². The number of nitrogens with zero attached hydrogens (tertiary/aromatic N) is 1. The van der Waals surface area contributed by atoms with Crippen LogP contribution in [0.15, 0.2) is 18.2 Å². The highest BCUT2D eigenvalue weighted by atomic mass is 15.1. The Morgan fingerprint density at radius 2 is 2.10 bits per heavy atom. The van der Waals surface area contributed by atoms with Crippen LogP contribution >= 0.6 is 0 Å². The van der Waals surface area contributed by atoms with Crippen LogP contribution in [-0.4, -0.2) is 20.1 Å². The molecule has 0 radical (unpaired) electrons. The van der Waals surface area contributed by atoms with Crippen LogP contribution in [0.5, 0.6) is 0 Å². The normalized spacial score (nSPS) is 20.4. The second kappa shape index (κ2) is 5.77. The van der Waals surface area contributed by atoms with E-state index < -0.39 is 0 Å². The summed E-state index contributed by atoms with van der Waals surface area (Å²) in [6.07, 6.45) is 8.14. The van der Waals surface area contributed by atoms with Crippen molar-refractivity contribution >= 4 is 5.69 Å². The Kier molecular flexibility index (Phi) is 4.02. The summed E-state index contributed by atoms with van der Waals surface area (Å²) >= 11 is 0. The number of fused-ring (bicyclic) bond motifs is 1. The Hall–Kier alpha value is -1.02. The summed E-state index contributed by atoms with van der Waals surface area (Å²) in [5.74, 6) is 0. The lowest BCUT2D eigenvalue weighted by Gasteiger charge is -2.41. The topological polar surface area (TPSA) is 15.3 Å². The maximum absolute atomic E-state index is 3.70.